The summed E-state index contributed by atoms with van der Waals surface area (Å²) < 4.78 is 16.2. The summed E-state index contributed by atoms with van der Waals surface area (Å²) in [4.78, 5) is 24.5. The van der Waals surface area contributed by atoms with Gasteiger partial charge in [0.2, 0.25) is 6.10 Å². The van der Waals surface area contributed by atoms with Crippen LogP contribution in [0.15, 0.2) is 84.9 Å². The molecule has 0 aliphatic carbocycles. The van der Waals surface area contributed by atoms with Crippen LogP contribution in [-0.2, 0) is 14.3 Å². The van der Waals surface area contributed by atoms with Gasteiger partial charge in [-0.2, -0.15) is 0 Å². The van der Waals surface area contributed by atoms with E-state index in [0.29, 0.717) is 23.8 Å². The highest BCUT2D eigenvalue weighted by atomic mass is 16.6. The molecule has 0 radical (unpaired) electrons. The van der Waals surface area contributed by atoms with Gasteiger partial charge in [-0.1, -0.05) is 54.6 Å². The number of amides is 1. The van der Waals surface area contributed by atoms with Gasteiger partial charge < -0.3 is 19.5 Å². The molecule has 6 heteroatoms. The summed E-state index contributed by atoms with van der Waals surface area (Å²) in [6, 6.07) is 25.2. The highest BCUT2D eigenvalue weighted by molar-refractivity contribution is 5.95. The Bertz CT molecular complexity index is 960. The third kappa shape index (κ3) is 6.10. The van der Waals surface area contributed by atoms with Crippen LogP contribution in [0.2, 0.25) is 0 Å². The average Bonchev–Trinajstić information content (AvgIpc) is 2.78. The van der Waals surface area contributed by atoms with Gasteiger partial charge in [-0.05, 0) is 31.2 Å². The first-order chi connectivity index (χ1) is 14.7. The maximum absolute atomic E-state index is 13.0. The van der Waals surface area contributed by atoms with Crippen molar-refractivity contribution in [3.63, 3.8) is 0 Å². The molecule has 0 bridgehead atoms. The van der Waals surface area contributed by atoms with E-state index in [1.165, 1.54) is 0 Å². The van der Waals surface area contributed by atoms with Gasteiger partial charge in [0.05, 0.1) is 6.61 Å². The van der Waals surface area contributed by atoms with Crippen molar-refractivity contribution < 1.29 is 23.8 Å². The van der Waals surface area contributed by atoms with Crippen LogP contribution < -0.4 is 14.8 Å². The molecule has 30 heavy (non-hydrogen) atoms. The highest BCUT2D eigenvalue weighted by Gasteiger charge is 2.23. The van der Waals surface area contributed by atoms with Gasteiger partial charge in [-0.3, -0.25) is 4.79 Å². The summed E-state index contributed by atoms with van der Waals surface area (Å²) in [6.07, 6.45) is -0.835. The van der Waals surface area contributed by atoms with Gasteiger partial charge >= 0.3 is 5.97 Å². The van der Waals surface area contributed by atoms with E-state index in [4.69, 9.17) is 14.2 Å². The Kier molecular flexibility index (Phi) is 7.44. The minimum Gasteiger partial charge on any atom is -0.482 e. The molecule has 3 rings (SSSR count). The van der Waals surface area contributed by atoms with Crippen molar-refractivity contribution in [2.24, 2.45) is 0 Å². The smallest absolute Gasteiger partial charge is 0.344 e. The zero-order chi connectivity index (χ0) is 21.2. The Morgan fingerprint density at radius 3 is 2.23 bits per heavy atom. The van der Waals surface area contributed by atoms with E-state index in [2.05, 4.69) is 5.32 Å². The molecule has 1 amide bonds. The molecule has 0 aliphatic rings. The normalized spacial score (nSPS) is 11.2. The fourth-order valence-electron chi connectivity index (χ4n) is 2.75. The predicted molar refractivity (Wildman–Crippen MR) is 113 cm³/mol. The second-order valence-electron chi connectivity index (χ2n) is 6.33. The van der Waals surface area contributed by atoms with Crippen molar-refractivity contribution in [1.82, 2.24) is 0 Å². The maximum atomic E-state index is 13.0. The van der Waals surface area contributed by atoms with Crippen LogP contribution in [0.3, 0.4) is 0 Å². The SMILES string of the molecule is CCOC(=O)COc1cccc(NC(=O)C(Oc2ccccc2)c2ccccc2)c1. The Morgan fingerprint density at radius 1 is 0.867 bits per heavy atom. The third-order valence-electron chi connectivity index (χ3n) is 4.10. The van der Waals surface area contributed by atoms with E-state index in [1.54, 1.807) is 43.3 Å². The lowest BCUT2D eigenvalue weighted by Gasteiger charge is -2.19. The first-order valence-electron chi connectivity index (χ1n) is 9.61. The van der Waals surface area contributed by atoms with Gasteiger partial charge in [0.25, 0.3) is 5.91 Å². The maximum Gasteiger partial charge on any atom is 0.344 e. The molecule has 0 fully saturated rings. The van der Waals surface area contributed by atoms with Crippen LogP contribution in [-0.4, -0.2) is 25.1 Å². The summed E-state index contributed by atoms with van der Waals surface area (Å²) in [7, 11) is 0. The lowest BCUT2D eigenvalue weighted by molar-refractivity contribution is -0.145. The minimum atomic E-state index is -0.835. The van der Waals surface area contributed by atoms with Crippen molar-refractivity contribution in [3.05, 3.63) is 90.5 Å². The summed E-state index contributed by atoms with van der Waals surface area (Å²) >= 11 is 0. The van der Waals surface area contributed by atoms with Gasteiger partial charge in [0.15, 0.2) is 6.61 Å². The molecule has 0 aromatic heterocycles. The summed E-state index contributed by atoms with van der Waals surface area (Å²) in [5.74, 6) is 0.258. The van der Waals surface area contributed by atoms with Crippen molar-refractivity contribution >= 4 is 17.6 Å². The first-order valence-corrected chi connectivity index (χ1v) is 9.61. The monoisotopic (exact) mass is 405 g/mol. The number of benzene rings is 3. The number of nitrogens with one attached hydrogen (secondary N) is 1. The van der Waals surface area contributed by atoms with E-state index in [1.807, 2.05) is 48.5 Å². The second kappa shape index (κ2) is 10.7. The molecular formula is C24H23NO5. The number of carbonyl (C=O) groups is 2. The minimum absolute atomic E-state index is 0.199. The summed E-state index contributed by atoms with van der Waals surface area (Å²) in [6.45, 7) is 1.82. The number of para-hydroxylation sites is 1. The zero-order valence-electron chi connectivity index (χ0n) is 16.6. The Morgan fingerprint density at radius 2 is 1.53 bits per heavy atom. The number of ether oxygens (including phenoxy) is 3. The second-order valence-corrected chi connectivity index (χ2v) is 6.33. The topological polar surface area (TPSA) is 73.9 Å². The van der Waals surface area contributed by atoms with Gasteiger partial charge in [0, 0.05) is 17.3 Å². The van der Waals surface area contributed by atoms with Crippen molar-refractivity contribution in [3.8, 4) is 11.5 Å². The quantitative estimate of drug-likeness (QED) is 0.535. The van der Waals surface area contributed by atoms with Gasteiger partial charge in [-0.15, -0.1) is 0 Å². The number of rotatable bonds is 9. The van der Waals surface area contributed by atoms with E-state index < -0.39 is 12.1 Å². The molecule has 0 heterocycles. The predicted octanol–water partition coefficient (Wildman–Crippen LogP) is 4.39. The molecule has 6 nitrogen and oxygen atoms in total. The van der Waals surface area contributed by atoms with Gasteiger partial charge in [-0.25, -0.2) is 4.79 Å². The number of esters is 1. The van der Waals surface area contributed by atoms with E-state index in [9.17, 15) is 9.59 Å². The first kappa shape index (κ1) is 20.9. The number of carbonyl (C=O) groups excluding carboxylic acids is 2. The largest absolute Gasteiger partial charge is 0.482 e. The molecule has 0 aliphatic heterocycles. The van der Waals surface area contributed by atoms with Crippen molar-refractivity contribution in [1.29, 1.82) is 0 Å². The van der Waals surface area contributed by atoms with Crippen LogP contribution in [0.25, 0.3) is 0 Å². The lowest BCUT2D eigenvalue weighted by Crippen LogP contribution is -2.25. The van der Waals surface area contributed by atoms with Crippen LogP contribution in [0.4, 0.5) is 5.69 Å². The number of hydrogen-bond donors (Lipinski definition) is 1. The number of anilines is 1. The molecule has 0 spiro atoms. The molecule has 3 aromatic rings. The average molecular weight is 405 g/mol. The molecule has 0 saturated carbocycles. The van der Waals surface area contributed by atoms with Gasteiger partial charge in [0.1, 0.15) is 11.5 Å². The molecule has 3 aromatic carbocycles. The third-order valence-corrected chi connectivity index (χ3v) is 4.10. The summed E-state index contributed by atoms with van der Waals surface area (Å²) in [5.41, 5.74) is 1.26. The standard InChI is InChI=1S/C24H23NO5/c1-2-28-22(26)17-29-21-15-9-12-19(16-21)25-24(27)23(18-10-5-3-6-11-18)30-20-13-7-4-8-14-20/h3-16,23H,2,17H2,1H3,(H,25,27). The molecule has 1 atom stereocenters. The zero-order valence-corrected chi connectivity index (χ0v) is 16.6. The molecule has 1 N–H and O–H groups in total. The fourth-order valence-corrected chi connectivity index (χ4v) is 2.75. The molecular weight excluding hydrogens is 382 g/mol. The Hall–Kier alpha value is -3.80. The van der Waals surface area contributed by atoms with Crippen LogP contribution >= 0.6 is 0 Å². The van der Waals surface area contributed by atoms with Crippen molar-refractivity contribution in [2.45, 2.75) is 13.0 Å². The van der Waals surface area contributed by atoms with E-state index in [0.717, 1.165) is 5.56 Å². The van der Waals surface area contributed by atoms with Crippen LogP contribution in [0, 0.1) is 0 Å². The molecule has 0 saturated heterocycles. The highest BCUT2D eigenvalue weighted by Crippen LogP contribution is 2.24. The van der Waals surface area contributed by atoms with E-state index >= 15 is 0 Å². The number of hydrogen-bond acceptors (Lipinski definition) is 5. The molecule has 154 valence electrons. The molecule has 1 unspecified atom stereocenters. The fraction of sp³-hybridized carbons (Fsp3) is 0.167. The summed E-state index contributed by atoms with van der Waals surface area (Å²) in [5, 5.41) is 2.85. The Balaban J connectivity index is 1.72. The van der Waals surface area contributed by atoms with Crippen LogP contribution in [0.1, 0.15) is 18.6 Å². The van der Waals surface area contributed by atoms with Crippen molar-refractivity contribution in [2.75, 3.05) is 18.5 Å². The Labute approximate surface area is 175 Å². The van der Waals surface area contributed by atoms with Crippen LogP contribution in [0.5, 0.6) is 11.5 Å². The lowest BCUT2D eigenvalue weighted by atomic mass is 10.1. The van der Waals surface area contributed by atoms with E-state index in [-0.39, 0.29) is 12.5 Å².